The van der Waals surface area contributed by atoms with Gasteiger partial charge in [0.25, 0.3) is 0 Å². The number of hydrogen-bond donors (Lipinski definition) is 0. The molecule has 0 amide bonds. The lowest BCUT2D eigenvalue weighted by Crippen LogP contribution is -2.33. The van der Waals surface area contributed by atoms with E-state index in [1.807, 2.05) is 24.4 Å². The Morgan fingerprint density at radius 2 is 1.29 bits per heavy atom. The van der Waals surface area contributed by atoms with Gasteiger partial charge in [-0.2, -0.15) is 4.57 Å². The SMILES string of the molecule is CCc1ccc(C[n+]2ccc(-c3ccc(-c4cc[n+](-c5cccc(-c6ccccn6)c5)cc4C)cc3)c(C)c2)cc1. The zero-order valence-corrected chi connectivity index (χ0v) is 24.0. The first kappa shape index (κ1) is 26.3. The van der Waals surface area contributed by atoms with Gasteiger partial charge in [-0.1, -0.05) is 73.7 Å². The van der Waals surface area contributed by atoms with Crippen LogP contribution >= 0.6 is 0 Å². The number of benzene rings is 3. The van der Waals surface area contributed by atoms with Crippen molar-refractivity contribution in [2.45, 2.75) is 33.7 Å². The minimum absolute atomic E-state index is 0.880. The number of hydrogen-bond acceptors (Lipinski definition) is 1. The van der Waals surface area contributed by atoms with Crippen molar-refractivity contribution < 1.29 is 9.13 Å². The van der Waals surface area contributed by atoms with Gasteiger partial charge in [-0.05, 0) is 60.2 Å². The van der Waals surface area contributed by atoms with Crippen LogP contribution in [-0.4, -0.2) is 4.98 Å². The fourth-order valence-corrected chi connectivity index (χ4v) is 5.46. The summed E-state index contributed by atoms with van der Waals surface area (Å²) in [6.45, 7) is 7.45. The van der Waals surface area contributed by atoms with Crippen molar-refractivity contribution in [3.63, 3.8) is 0 Å². The third-order valence-corrected chi connectivity index (χ3v) is 7.78. The minimum Gasteiger partial charge on any atom is -0.256 e. The normalized spacial score (nSPS) is 11.0. The molecule has 3 heteroatoms. The summed E-state index contributed by atoms with van der Waals surface area (Å²) in [7, 11) is 0. The molecule has 0 N–H and O–H groups in total. The van der Waals surface area contributed by atoms with Gasteiger partial charge in [-0.15, -0.1) is 0 Å². The van der Waals surface area contributed by atoms with Crippen LogP contribution in [0.5, 0.6) is 0 Å². The standard InChI is InChI=1S/C38H35N3/c1-4-30-11-13-31(14-12-30)27-40-22-19-36(28(2)25-40)32-15-17-33(18-16-32)37-20-23-41(26-29(37)3)35-9-7-8-34(24-35)38-10-5-6-21-39-38/h5-26H,4,27H2,1-3H3/q+2. The third-order valence-electron chi connectivity index (χ3n) is 7.78. The molecule has 0 aliphatic heterocycles. The molecular formula is C38H35N3+2. The molecule has 0 radical (unpaired) electrons. The quantitative estimate of drug-likeness (QED) is 0.191. The van der Waals surface area contributed by atoms with E-state index < -0.39 is 0 Å². The molecule has 0 saturated carbocycles. The molecule has 6 aromatic rings. The summed E-state index contributed by atoms with van der Waals surface area (Å²) in [5, 5.41) is 0. The van der Waals surface area contributed by atoms with Gasteiger partial charge in [0.1, 0.15) is 0 Å². The molecule has 3 aromatic carbocycles. The van der Waals surface area contributed by atoms with Crippen molar-refractivity contribution in [3.05, 3.63) is 156 Å². The second kappa shape index (κ2) is 11.7. The Balaban J connectivity index is 1.20. The topological polar surface area (TPSA) is 20.6 Å². The molecule has 0 unspecified atom stereocenters. The third kappa shape index (κ3) is 5.85. The first-order chi connectivity index (χ1) is 20.1. The lowest BCUT2D eigenvalue weighted by molar-refractivity contribution is -0.688. The fraction of sp³-hybridized carbons (Fsp3) is 0.132. The van der Waals surface area contributed by atoms with Crippen LogP contribution in [-0.2, 0) is 13.0 Å². The summed E-state index contributed by atoms with van der Waals surface area (Å²) in [6, 6.07) is 36.9. The van der Waals surface area contributed by atoms with Crippen LogP contribution in [0.3, 0.4) is 0 Å². The zero-order valence-electron chi connectivity index (χ0n) is 24.0. The predicted molar refractivity (Wildman–Crippen MR) is 167 cm³/mol. The van der Waals surface area contributed by atoms with Crippen molar-refractivity contribution in [3.8, 4) is 39.2 Å². The van der Waals surface area contributed by atoms with Crippen molar-refractivity contribution in [1.29, 1.82) is 0 Å². The Bertz CT molecular complexity index is 1790. The van der Waals surface area contributed by atoms with E-state index in [2.05, 4.69) is 145 Å². The lowest BCUT2D eigenvalue weighted by atomic mass is 9.97. The highest BCUT2D eigenvalue weighted by Crippen LogP contribution is 2.28. The largest absolute Gasteiger partial charge is 0.256 e. The average molecular weight is 534 g/mol. The van der Waals surface area contributed by atoms with Crippen molar-refractivity contribution in [2.24, 2.45) is 0 Å². The van der Waals surface area contributed by atoms with Crippen LogP contribution in [0.15, 0.2) is 134 Å². The molecule has 200 valence electrons. The van der Waals surface area contributed by atoms with Gasteiger partial charge in [0.05, 0.1) is 5.69 Å². The number of aryl methyl sites for hydroxylation is 3. The van der Waals surface area contributed by atoms with Gasteiger partial charge in [-0.25, -0.2) is 4.57 Å². The summed E-state index contributed by atoms with van der Waals surface area (Å²) in [6.07, 6.45) is 11.7. The maximum atomic E-state index is 4.51. The molecule has 0 spiro atoms. The number of rotatable bonds is 7. The minimum atomic E-state index is 0.880. The van der Waals surface area contributed by atoms with E-state index in [0.29, 0.717) is 0 Å². The molecular weight excluding hydrogens is 498 g/mol. The van der Waals surface area contributed by atoms with Crippen molar-refractivity contribution in [2.75, 3.05) is 0 Å². The highest BCUT2D eigenvalue weighted by molar-refractivity contribution is 5.72. The Morgan fingerprint density at radius 1 is 0.610 bits per heavy atom. The summed E-state index contributed by atoms with van der Waals surface area (Å²) in [5.74, 6) is 0. The summed E-state index contributed by atoms with van der Waals surface area (Å²) in [5.41, 5.74) is 13.4. The summed E-state index contributed by atoms with van der Waals surface area (Å²) >= 11 is 0. The van der Waals surface area contributed by atoms with Gasteiger partial charge >= 0.3 is 0 Å². The summed E-state index contributed by atoms with van der Waals surface area (Å²) < 4.78 is 4.45. The van der Waals surface area contributed by atoms with Gasteiger partial charge < -0.3 is 0 Å². The van der Waals surface area contributed by atoms with Gasteiger partial charge in [0.2, 0.25) is 5.69 Å². The fourth-order valence-electron chi connectivity index (χ4n) is 5.46. The second-order valence-electron chi connectivity index (χ2n) is 10.7. The lowest BCUT2D eigenvalue weighted by Gasteiger charge is -2.09. The molecule has 0 aliphatic carbocycles. The van der Waals surface area contributed by atoms with Crippen LogP contribution in [0.1, 0.15) is 29.2 Å². The molecule has 0 atom stereocenters. The van der Waals surface area contributed by atoms with E-state index in [1.54, 1.807) is 0 Å². The number of nitrogens with zero attached hydrogens (tertiary/aromatic N) is 3. The van der Waals surface area contributed by atoms with Crippen LogP contribution in [0.25, 0.3) is 39.2 Å². The molecule has 6 rings (SSSR count). The molecule has 0 aliphatic rings. The smallest absolute Gasteiger partial charge is 0.211 e. The van der Waals surface area contributed by atoms with E-state index in [0.717, 1.165) is 29.9 Å². The molecule has 0 fully saturated rings. The van der Waals surface area contributed by atoms with Crippen molar-refractivity contribution in [1.82, 2.24) is 4.98 Å². The first-order valence-corrected chi connectivity index (χ1v) is 14.3. The van der Waals surface area contributed by atoms with Crippen LogP contribution in [0.4, 0.5) is 0 Å². The first-order valence-electron chi connectivity index (χ1n) is 14.3. The van der Waals surface area contributed by atoms with Crippen molar-refractivity contribution >= 4 is 0 Å². The van der Waals surface area contributed by atoms with Crippen LogP contribution < -0.4 is 9.13 Å². The summed E-state index contributed by atoms with van der Waals surface area (Å²) in [4.78, 5) is 4.51. The van der Waals surface area contributed by atoms with E-state index >= 15 is 0 Å². The Morgan fingerprint density at radius 3 is 1.93 bits per heavy atom. The molecule has 0 bridgehead atoms. The maximum Gasteiger partial charge on any atom is 0.211 e. The number of pyridine rings is 3. The second-order valence-corrected chi connectivity index (χ2v) is 10.7. The van der Waals surface area contributed by atoms with Gasteiger partial charge in [-0.3, -0.25) is 4.98 Å². The molecule has 41 heavy (non-hydrogen) atoms. The van der Waals surface area contributed by atoms with E-state index in [1.165, 1.54) is 44.5 Å². The Hall–Kier alpha value is -4.89. The Labute approximate surface area is 243 Å². The molecule has 3 nitrogen and oxygen atoms in total. The van der Waals surface area contributed by atoms with E-state index in [4.69, 9.17) is 0 Å². The maximum absolute atomic E-state index is 4.51. The zero-order chi connectivity index (χ0) is 28.2. The van der Waals surface area contributed by atoms with E-state index in [-0.39, 0.29) is 0 Å². The van der Waals surface area contributed by atoms with Gasteiger partial charge in [0, 0.05) is 52.7 Å². The van der Waals surface area contributed by atoms with Crippen LogP contribution in [0.2, 0.25) is 0 Å². The average Bonchev–Trinajstić information content (AvgIpc) is 3.02. The predicted octanol–water partition coefficient (Wildman–Crippen LogP) is 7.87. The highest BCUT2D eigenvalue weighted by atomic mass is 14.9. The highest BCUT2D eigenvalue weighted by Gasteiger charge is 2.13. The Kier molecular flexibility index (Phi) is 7.51. The van der Waals surface area contributed by atoms with Crippen LogP contribution in [0, 0.1) is 13.8 Å². The molecule has 3 aromatic heterocycles. The number of aromatic nitrogens is 3. The molecule has 0 saturated heterocycles. The monoisotopic (exact) mass is 533 g/mol. The van der Waals surface area contributed by atoms with Gasteiger partial charge in [0.15, 0.2) is 31.3 Å². The van der Waals surface area contributed by atoms with E-state index in [9.17, 15) is 0 Å². The molecule has 3 heterocycles.